The number of carbonyl (C=O) groups excluding carboxylic acids is 3. The Morgan fingerprint density at radius 1 is 1.09 bits per heavy atom. The molecule has 2 fully saturated rings. The number of ether oxygens (including phenoxy) is 3. The number of nitrogens with one attached hydrogen (secondary N) is 1. The molecule has 32 heavy (non-hydrogen) atoms. The molecule has 0 radical (unpaired) electrons. The number of fused-ring (bicyclic) bond motifs is 2. The lowest BCUT2D eigenvalue weighted by Gasteiger charge is -2.41. The smallest absolute Gasteiger partial charge is 0.410 e. The summed E-state index contributed by atoms with van der Waals surface area (Å²) < 4.78 is 15.8. The Kier molecular flexibility index (Phi) is 7.64. The highest BCUT2D eigenvalue weighted by molar-refractivity contribution is 5.73. The van der Waals surface area contributed by atoms with E-state index in [9.17, 15) is 14.4 Å². The average Bonchev–Trinajstić information content (AvgIpc) is 3.00. The molecular formula is C24H34N2O6. The second kappa shape index (κ2) is 10.2. The Labute approximate surface area is 189 Å². The van der Waals surface area contributed by atoms with Crippen LogP contribution >= 0.6 is 0 Å². The van der Waals surface area contributed by atoms with Crippen molar-refractivity contribution in [1.29, 1.82) is 0 Å². The predicted octanol–water partition coefficient (Wildman–Crippen LogP) is 4.02. The average molecular weight is 447 g/mol. The number of benzene rings is 1. The van der Waals surface area contributed by atoms with E-state index in [1.165, 1.54) is 7.11 Å². The molecule has 2 unspecified atom stereocenters. The minimum Gasteiger partial charge on any atom is -0.469 e. The van der Waals surface area contributed by atoms with E-state index in [4.69, 9.17) is 14.2 Å². The van der Waals surface area contributed by atoms with Crippen molar-refractivity contribution in [2.45, 2.75) is 83.2 Å². The van der Waals surface area contributed by atoms with Gasteiger partial charge in [0.25, 0.3) is 0 Å². The van der Waals surface area contributed by atoms with Gasteiger partial charge in [-0.25, -0.2) is 9.59 Å². The Hall–Kier alpha value is -2.77. The van der Waals surface area contributed by atoms with Gasteiger partial charge in [0, 0.05) is 18.1 Å². The van der Waals surface area contributed by atoms with Crippen LogP contribution < -0.4 is 5.32 Å². The summed E-state index contributed by atoms with van der Waals surface area (Å²) in [5.74, 6) is -0.347. The van der Waals surface area contributed by atoms with Crippen molar-refractivity contribution in [3.63, 3.8) is 0 Å². The maximum Gasteiger partial charge on any atom is 0.410 e. The molecule has 2 heterocycles. The molecule has 1 N–H and O–H groups in total. The molecule has 2 aliphatic heterocycles. The van der Waals surface area contributed by atoms with Gasteiger partial charge in [0.05, 0.1) is 13.5 Å². The molecule has 2 bridgehead atoms. The first-order valence-electron chi connectivity index (χ1n) is 11.2. The highest BCUT2D eigenvalue weighted by Gasteiger charge is 2.46. The minimum atomic E-state index is -0.634. The van der Waals surface area contributed by atoms with Crippen molar-refractivity contribution >= 4 is 18.2 Å². The number of rotatable bonds is 6. The number of piperidine rings is 1. The monoisotopic (exact) mass is 446 g/mol. The van der Waals surface area contributed by atoms with E-state index >= 15 is 0 Å². The first-order valence-corrected chi connectivity index (χ1v) is 11.2. The van der Waals surface area contributed by atoms with Crippen LogP contribution in [0.1, 0.15) is 58.4 Å². The van der Waals surface area contributed by atoms with Gasteiger partial charge in [-0.15, -0.1) is 0 Å². The van der Waals surface area contributed by atoms with Crippen LogP contribution in [0.25, 0.3) is 0 Å². The molecule has 3 rings (SSSR count). The zero-order valence-electron chi connectivity index (χ0n) is 19.3. The van der Waals surface area contributed by atoms with Crippen molar-refractivity contribution in [3.05, 3.63) is 35.9 Å². The lowest BCUT2D eigenvalue weighted by atomic mass is 9.83. The number of nitrogens with zero attached hydrogens (tertiary/aromatic N) is 1. The van der Waals surface area contributed by atoms with Crippen LogP contribution in [0.3, 0.4) is 0 Å². The van der Waals surface area contributed by atoms with Crippen molar-refractivity contribution in [1.82, 2.24) is 10.2 Å². The van der Waals surface area contributed by atoms with Crippen LogP contribution in [-0.2, 0) is 25.6 Å². The number of esters is 1. The molecule has 3 atom stereocenters. The Morgan fingerprint density at radius 3 is 2.28 bits per heavy atom. The number of methoxy groups -OCH3 is 1. The first kappa shape index (κ1) is 23.9. The number of carbonyl (C=O) groups is 3. The summed E-state index contributed by atoms with van der Waals surface area (Å²) in [6.07, 6.45) is 2.37. The normalized spacial score (nSPS) is 23.2. The van der Waals surface area contributed by atoms with Gasteiger partial charge < -0.3 is 24.4 Å². The SMILES string of the molecule is COC(=O)C[C@@H](NC(=O)OC(C)(C)C)C1CC2CCC(C1)N2C(=O)OCc1ccccc1. The molecule has 0 aliphatic carbocycles. The van der Waals surface area contributed by atoms with Crippen LogP contribution in [0, 0.1) is 5.92 Å². The second-order valence-electron chi connectivity index (χ2n) is 9.60. The van der Waals surface area contributed by atoms with E-state index in [0.29, 0.717) is 12.8 Å². The Morgan fingerprint density at radius 2 is 1.72 bits per heavy atom. The third-order valence-electron chi connectivity index (χ3n) is 6.07. The lowest BCUT2D eigenvalue weighted by molar-refractivity contribution is -0.141. The van der Waals surface area contributed by atoms with E-state index in [1.54, 1.807) is 20.8 Å². The van der Waals surface area contributed by atoms with Crippen molar-refractivity contribution in [3.8, 4) is 0 Å². The molecule has 2 aliphatic rings. The number of alkyl carbamates (subject to hydrolysis) is 1. The molecule has 8 nitrogen and oxygen atoms in total. The van der Waals surface area contributed by atoms with Gasteiger partial charge in [-0.05, 0) is 57.9 Å². The zero-order valence-corrected chi connectivity index (χ0v) is 19.3. The van der Waals surface area contributed by atoms with Crippen molar-refractivity contribution in [2.24, 2.45) is 5.92 Å². The predicted molar refractivity (Wildman–Crippen MR) is 118 cm³/mol. The zero-order chi connectivity index (χ0) is 23.3. The van der Waals surface area contributed by atoms with Crippen molar-refractivity contribution in [2.75, 3.05) is 7.11 Å². The summed E-state index contributed by atoms with van der Waals surface area (Å²) in [4.78, 5) is 39.0. The fraction of sp³-hybridized carbons (Fsp3) is 0.625. The first-order chi connectivity index (χ1) is 15.2. The summed E-state index contributed by atoms with van der Waals surface area (Å²) in [6.45, 7) is 5.62. The van der Waals surface area contributed by atoms with Crippen LogP contribution in [0.5, 0.6) is 0 Å². The standard InChI is InChI=1S/C24H34N2O6/c1-24(2,3)32-22(28)25-20(14-21(27)30-4)17-12-18-10-11-19(13-17)26(18)23(29)31-15-16-8-6-5-7-9-16/h5-9,17-20H,10-15H2,1-4H3,(H,25,28)/t17?,18?,19?,20-/m1/s1. The molecule has 1 aromatic rings. The van der Waals surface area contributed by atoms with Gasteiger partial charge in [-0.2, -0.15) is 0 Å². The molecule has 8 heteroatoms. The molecule has 2 amide bonds. The molecule has 1 aromatic carbocycles. The fourth-order valence-corrected chi connectivity index (χ4v) is 4.70. The third-order valence-corrected chi connectivity index (χ3v) is 6.07. The van der Waals surface area contributed by atoms with E-state index in [0.717, 1.165) is 18.4 Å². The van der Waals surface area contributed by atoms with Crippen LogP contribution in [0.2, 0.25) is 0 Å². The summed E-state index contributed by atoms with van der Waals surface area (Å²) >= 11 is 0. The van der Waals surface area contributed by atoms with Gasteiger partial charge in [0.2, 0.25) is 0 Å². The summed E-state index contributed by atoms with van der Waals surface area (Å²) in [5.41, 5.74) is 0.313. The molecule has 176 valence electrons. The maximum absolute atomic E-state index is 12.8. The van der Waals surface area contributed by atoms with Crippen LogP contribution in [0.15, 0.2) is 30.3 Å². The molecule has 0 saturated carbocycles. The molecule has 2 saturated heterocycles. The third kappa shape index (κ3) is 6.37. The number of amides is 2. The van der Waals surface area contributed by atoms with Crippen LogP contribution in [0.4, 0.5) is 9.59 Å². The van der Waals surface area contributed by atoms with Crippen molar-refractivity contribution < 1.29 is 28.6 Å². The largest absolute Gasteiger partial charge is 0.469 e. The summed E-state index contributed by atoms with van der Waals surface area (Å²) in [5, 5.41) is 2.87. The Balaban J connectivity index is 1.63. The molecular weight excluding hydrogens is 412 g/mol. The highest BCUT2D eigenvalue weighted by atomic mass is 16.6. The minimum absolute atomic E-state index is 0.0302. The molecule has 0 aromatic heterocycles. The fourth-order valence-electron chi connectivity index (χ4n) is 4.70. The summed E-state index contributed by atoms with van der Waals surface area (Å²) in [6, 6.07) is 9.25. The van der Waals surface area contributed by atoms with Gasteiger partial charge in [0.1, 0.15) is 12.2 Å². The van der Waals surface area contributed by atoms with Gasteiger partial charge in [-0.1, -0.05) is 30.3 Å². The van der Waals surface area contributed by atoms with E-state index in [2.05, 4.69) is 5.32 Å². The highest BCUT2D eigenvalue weighted by Crippen LogP contribution is 2.41. The van der Waals surface area contributed by atoms with E-state index in [-0.39, 0.29) is 43.1 Å². The van der Waals surface area contributed by atoms with Gasteiger partial charge >= 0.3 is 18.2 Å². The second-order valence-corrected chi connectivity index (χ2v) is 9.60. The van der Waals surface area contributed by atoms with Gasteiger partial charge in [-0.3, -0.25) is 4.79 Å². The maximum atomic E-state index is 12.8. The van der Waals surface area contributed by atoms with Gasteiger partial charge in [0.15, 0.2) is 0 Å². The number of hydrogen-bond acceptors (Lipinski definition) is 6. The lowest BCUT2D eigenvalue weighted by Crippen LogP contribution is -2.52. The van der Waals surface area contributed by atoms with E-state index in [1.807, 2.05) is 35.2 Å². The quantitative estimate of drug-likeness (QED) is 0.524. The Bertz CT molecular complexity index is 792. The van der Waals surface area contributed by atoms with Crippen LogP contribution in [-0.4, -0.2) is 53.9 Å². The molecule has 0 spiro atoms. The van der Waals surface area contributed by atoms with E-state index < -0.39 is 17.7 Å². The number of hydrogen-bond donors (Lipinski definition) is 1. The topological polar surface area (TPSA) is 94.2 Å². The summed E-state index contributed by atoms with van der Waals surface area (Å²) in [7, 11) is 1.34.